The molecule has 0 unspecified atom stereocenters. The number of aromatic nitrogens is 1. The lowest BCUT2D eigenvalue weighted by Gasteiger charge is -2.11. The molecule has 0 amide bonds. The fraction of sp³-hybridized carbons (Fsp3) is 0.267. The molecule has 1 heterocycles. The Labute approximate surface area is 113 Å². The number of para-hydroxylation sites is 2. The standard InChI is InChI=1S/C15H18N2O2/c1-2-18-14-5-3-4-6-15(14)19-11-13-8-7-12(9-16)10-17-13/h3-8,10H,2,9,11,16H2,1H3. The Kier molecular flexibility index (Phi) is 4.75. The van der Waals surface area contributed by atoms with Crippen LogP contribution in [0.25, 0.3) is 0 Å². The van der Waals surface area contributed by atoms with E-state index >= 15 is 0 Å². The first-order valence-corrected chi connectivity index (χ1v) is 6.32. The van der Waals surface area contributed by atoms with Crippen LogP contribution in [-0.2, 0) is 13.2 Å². The van der Waals surface area contributed by atoms with E-state index < -0.39 is 0 Å². The van der Waals surface area contributed by atoms with E-state index in [1.807, 2.05) is 43.3 Å². The average molecular weight is 258 g/mol. The lowest BCUT2D eigenvalue weighted by molar-refractivity contribution is 0.266. The molecule has 0 atom stereocenters. The van der Waals surface area contributed by atoms with Crippen molar-refractivity contribution in [2.75, 3.05) is 6.61 Å². The highest BCUT2D eigenvalue weighted by Gasteiger charge is 2.04. The van der Waals surface area contributed by atoms with Crippen molar-refractivity contribution in [2.45, 2.75) is 20.1 Å². The van der Waals surface area contributed by atoms with E-state index in [0.29, 0.717) is 19.8 Å². The fourth-order valence-corrected chi connectivity index (χ4v) is 1.66. The van der Waals surface area contributed by atoms with Gasteiger partial charge in [0.25, 0.3) is 0 Å². The number of hydrogen-bond acceptors (Lipinski definition) is 4. The van der Waals surface area contributed by atoms with Crippen LogP contribution in [-0.4, -0.2) is 11.6 Å². The van der Waals surface area contributed by atoms with Crippen molar-refractivity contribution in [2.24, 2.45) is 5.73 Å². The number of rotatable bonds is 6. The first-order chi connectivity index (χ1) is 9.33. The van der Waals surface area contributed by atoms with Crippen LogP contribution in [0.2, 0.25) is 0 Å². The first-order valence-electron chi connectivity index (χ1n) is 6.32. The normalized spacial score (nSPS) is 10.2. The first kappa shape index (κ1) is 13.4. The molecule has 0 radical (unpaired) electrons. The number of ether oxygens (including phenoxy) is 2. The molecule has 0 aliphatic carbocycles. The predicted molar refractivity (Wildman–Crippen MR) is 74.1 cm³/mol. The van der Waals surface area contributed by atoms with Gasteiger partial charge >= 0.3 is 0 Å². The van der Waals surface area contributed by atoms with Crippen molar-refractivity contribution >= 4 is 0 Å². The summed E-state index contributed by atoms with van der Waals surface area (Å²) in [5.41, 5.74) is 7.41. The third kappa shape index (κ3) is 3.69. The van der Waals surface area contributed by atoms with Crippen molar-refractivity contribution in [1.82, 2.24) is 4.98 Å². The maximum absolute atomic E-state index is 5.73. The molecule has 2 rings (SSSR count). The highest BCUT2D eigenvalue weighted by molar-refractivity contribution is 5.39. The minimum absolute atomic E-state index is 0.412. The number of pyridine rings is 1. The van der Waals surface area contributed by atoms with E-state index in [4.69, 9.17) is 15.2 Å². The topological polar surface area (TPSA) is 57.4 Å². The Balaban J connectivity index is 2.01. The van der Waals surface area contributed by atoms with Crippen LogP contribution in [0.3, 0.4) is 0 Å². The maximum atomic E-state index is 5.73. The van der Waals surface area contributed by atoms with Gasteiger partial charge in [0.1, 0.15) is 6.61 Å². The van der Waals surface area contributed by atoms with Crippen LogP contribution in [0.15, 0.2) is 42.6 Å². The molecule has 1 aromatic carbocycles. The van der Waals surface area contributed by atoms with Gasteiger partial charge in [-0.05, 0) is 30.7 Å². The summed E-state index contributed by atoms with van der Waals surface area (Å²) in [5.74, 6) is 1.48. The number of nitrogens with two attached hydrogens (primary N) is 1. The summed E-state index contributed by atoms with van der Waals surface area (Å²) >= 11 is 0. The lowest BCUT2D eigenvalue weighted by atomic mass is 10.2. The average Bonchev–Trinajstić information content (AvgIpc) is 2.47. The van der Waals surface area contributed by atoms with Gasteiger partial charge in [-0.15, -0.1) is 0 Å². The zero-order valence-electron chi connectivity index (χ0n) is 11.0. The van der Waals surface area contributed by atoms with Gasteiger partial charge in [0.15, 0.2) is 11.5 Å². The van der Waals surface area contributed by atoms with Gasteiger partial charge in [-0.1, -0.05) is 18.2 Å². The second kappa shape index (κ2) is 6.75. The number of nitrogens with zero attached hydrogens (tertiary/aromatic N) is 1. The summed E-state index contributed by atoms with van der Waals surface area (Å²) in [6, 6.07) is 11.5. The SMILES string of the molecule is CCOc1ccccc1OCc1ccc(CN)cn1. The van der Waals surface area contributed by atoms with Gasteiger partial charge in [0.05, 0.1) is 12.3 Å². The minimum atomic E-state index is 0.412. The van der Waals surface area contributed by atoms with Crippen molar-refractivity contribution in [1.29, 1.82) is 0 Å². The van der Waals surface area contributed by atoms with Crippen LogP contribution in [0.1, 0.15) is 18.2 Å². The molecular formula is C15H18N2O2. The van der Waals surface area contributed by atoms with E-state index in [1.54, 1.807) is 6.20 Å². The Morgan fingerprint density at radius 3 is 2.37 bits per heavy atom. The quantitative estimate of drug-likeness (QED) is 0.865. The summed E-state index contributed by atoms with van der Waals surface area (Å²) in [6.07, 6.45) is 1.77. The van der Waals surface area contributed by atoms with Crippen molar-refractivity contribution < 1.29 is 9.47 Å². The highest BCUT2D eigenvalue weighted by atomic mass is 16.5. The van der Waals surface area contributed by atoms with Crippen LogP contribution < -0.4 is 15.2 Å². The Bertz CT molecular complexity index is 512. The lowest BCUT2D eigenvalue weighted by Crippen LogP contribution is -2.02. The number of benzene rings is 1. The van der Waals surface area contributed by atoms with Crippen molar-refractivity contribution in [3.8, 4) is 11.5 Å². The predicted octanol–water partition coefficient (Wildman–Crippen LogP) is 2.52. The van der Waals surface area contributed by atoms with Crippen LogP contribution >= 0.6 is 0 Å². The molecule has 0 aliphatic heterocycles. The molecule has 2 aromatic rings. The fourth-order valence-electron chi connectivity index (χ4n) is 1.66. The second-order valence-electron chi connectivity index (χ2n) is 4.03. The summed E-state index contributed by atoms with van der Waals surface area (Å²) in [6.45, 7) is 3.48. The molecule has 4 nitrogen and oxygen atoms in total. The highest BCUT2D eigenvalue weighted by Crippen LogP contribution is 2.26. The van der Waals surface area contributed by atoms with Crippen LogP contribution in [0.4, 0.5) is 0 Å². The van der Waals surface area contributed by atoms with Crippen LogP contribution in [0, 0.1) is 0 Å². The Hall–Kier alpha value is -2.07. The summed E-state index contributed by atoms with van der Waals surface area (Å²) in [7, 11) is 0. The molecule has 19 heavy (non-hydrogen) atoms. The van der Waals surface area contributed by atoms with E-state index in [1.165, 1.54) is 0 Å². The molecule has 0 spiro atoms. The van der Waals surface area contributed by atoms with E-state index in [-0.39, 0.29) is 0 Å². The third-order valence-electron chi connectivity index (χ3n) is 2.65. The smallest absolute Gasteiger partial charge is 0.161 e. The van der Waals surface area contributed by atoms with E-state index in [9.17, 15) is 0 Å². The van der Waals surface area contributed by atoms with Gasteiger partial charge in [0.2, 0.25) is 0 Å². The Morgan fingerprint density at radius 2 is 1.79 bits per heavy atom. The Morgan fingerprint density at radius 1 is 1.05 bits per heavy atom. The molecule has 0 bridgehead atoms. The minimum Gasteiger partial charge on any atom is -0.490 e. The molecule has 4 heteroatoms. The summed E-state index contributed by atoms with van der Waals surface area (Å²) < 4.78 is 11.2. The van der Waals surface area contributed by atoms with Crippen molar-refractivity contribution in [3.05, 3.63) is 53.9 Å². The molecule has 2 N–H and O–H groups in total. The number of hydrogen-bond donors (Lipinski definition) is 1. The zero-order valence-corrected chi connectivity index (χ0v) is 11.0. The largest absolute Gasteiger partial charge is 0.490 e. The van der Waals surface area contributed by atoms with Crippen LogP contribution in [0.5, 0.6) is 11.5 Å². The molecule has 100 valence electrons. The maximum Gasteiger partial charge on any atom is 0.161 e. The summed E-state index contributed by atoms with van der Waals surface area (Å²) in [5, 5.41) is 0. The monoisotopic (exact) mass is 258 g/mol. The van der Waals surface area contributed by atoms with E-state index in [2.05, 4.69) is 4.98 Å². The van der Waals surface area contributed by atoms with Gasteiger partial charge in [0, 0.05) is 12.7 Å². The second-order valence-corrected chi connectivity index (χ2v) is 4.03. The molecule has 0 saturated heterocycles. The molecule has 1 aromatic heterocycles. The van der Waals surface area contributed by atoms with E-state index in [0.717, 1.165) is 22.8 Å². The van der Waals surface area contributed by atoms with Crippen molar-refractivity contribution in [3.63, 3.8) is 0 Å². The molecular weight excluding hydrogens is 240 g/mol. The van der Waals surface area contributed by atoms with Gasteiger partial charge in [-0.3, -0.25) is 4.98 Å². The third-order valence-corrected chi connectivity index (χ3v) is 2.65. The van der Waals surface area contributed by atoms with Gasteiger partial charge in [-0.25, -0.2) is 0 Å². The van der Waals surface area contributed by atoms with Gasteiger partial charge in [-0.2, -0.15) is 0 Å². The molecule has 0 fully saturated rings. The van der Waals surface area contributed by atoms with Gasteiger partial charge < -0.3 is 15.2 Å². The zero-order chi connectivity index (χ0) is 13.5. The molecule has 0 saturated carbocycles. The summed E-state index contributed by atoms with van der Waals surface area (Å²) in [4.78, 5) is 4.29. The molecule has 0 aliphatic rings.